The summed E-state index contributed by atoms with van der Waals surface area (Å²) in [5.41, 5.74) is 0.894. The smallest absolute Gasteiger partial charge is 0.207 e. The Labute approximate surface area is 91.9 Å². The van der Waals surface area contributed by atoms with Crippen molar-refractivity contribution < 1.29 is 8.42 Å². The van der Waals surface area contributed by atoms with Crippen molar-refractivity contribution in [2.75, 3.05) is 13.6 Å². The van der Waals surface area contributed by atoms with Crippen molar-refractivity contribution in [3.05, 3.63) is 28.2 Å². The zero-order valence-electron chi connectivity index (χ0n) is 7.70. The molecule has 2 rings (SSSR count). The van der Waals surface area contributed by atoms with Gasteiger partial charge in [0.25, 0.3) is 0 Å². The van der Waals surface area contributed by atoms with Crippen LogP contribution in [0.2, 0.25) is 0 Å². The van der Waals surface area contributed by atoms with Crippen LogP contribution in [-0.2, 0) is 16.4 Å². The van der Waals surface area contributed by atoms with Crippen LogP contribution in [0.5, 0.6) is 0 Å². The van der Waals surface area contributed by atoms with Gasteiger partial charge in [0.1, 0.15) is 0 Å². The molecule has 76 valence electrons. The van der Waals surface area contributed by atoms with Gasteiger partial charge in [-0.15, -0.1) is 0 Å². The second-order valence-electron chi connectivity index (χ2n) is 3.29. The molecule has 1 aromatic carbocycles. The molecule has 0 aromatic heterocycles. The van der Waals surface area contributed by atoms with Crippen LogP contribution in [0.25, 0.3) is 0 Å². The molecule has 5 heteroatoms. The molecule has 3 nitrogen and oxygen atoms in total. The Balaban J connectivity index is 2.71. The van der Waals surface area contributed by atoms with E-state index in [1.807, 2.05) is 6.07 Å². The van der Waals surface area contributed by atoms with E-state index in [0.717, 1.165) is 16.5 Å². The number of halogens is 1. The minimum atomic E-state index is -3.24. The minimum Gasteiger partial charge on any atom is -0.207 e. The SMILES string of the molecule is CN1CCc2c(Br)cccc2S1(=O)=O. The van der Waals surface area contributed by atoms with Crippen LogP contribution >= 0.6 is 15.9 Å². The second-order valence-corrected chi connectivity index (χ2v) is 6.16. The van der Waals surface area contributed by atoms with Crippen molar-refractivity contribution in [3.63, 3.8) is 0 Å². The number of fused-ring (bicyclic) bond motifs is 1. The highest BCUT2D eigenvalue weighted by Gasteiger charge is 2.29. The molecule has 0 radical (unpaired) electrons. The van der Waals surface area contributed by atoms with Gasteiger partial charge in [0.05, 0.1) is 4.90 Å². The molecule has 0 aliphatic carbocycles. The zero-order valence-corrected chi connectivity index (χ0v) is 10.1. The average Bonchev–Trinajstić information content (AvgIpc) is 2.13. The van der Waals surface area contributed by atoms with Crippen molar-refractivity contribution in [2.24, 2.45) is 0 Å². The molecule has 0 saturated carbocycles. The minimum absolute atomic E-state index is 0.431. The number of hydrogen-bond donors (Lipinski definition) is 0. The van der Waals surface area contributed by atoms with Crippen LogP contribution in [-0.4, -0.2) is 26.3 Å². The van der Waals surface area contributed by atoms with Gasteiger partial charge in [0.15, 0.2) is 0 Å². The van der Waals surface area contributed by atoms with E-state index < -0.39 is 10.0 Å². The van der Waals surface area contributed by atoms with Gasteiger partial charge in [-0.05, 0) is 24.1 Å². The summed E-state index contributed by atoms with van der Waals surface area (Å²) in [5, 5.41) is 0. The van der Waals surface area contributed by atoms with Gasteiger partial charge in [-0.3, -0.25) is 0 Å². The number of rotatable bonds is 0. The van der Waals surface area contributed by atoms with Crippen LogP contribution in [0.3, 0.4) is 0 Å². The predicted octanol–water partition coefficient (Wildman–Crippen LogP) is 1.63. The summed E-state index contributed by atoms with van der Waals surface area (Å²) in [6.45, 7) is 0.554. The third kappa shape index (κ3) is 1.39. The quantitative estimate of drug-likeness (QED) is 0.722. The number of hydrogen-bond acceptors (Lipinski definition) is 2. The molecule has 0 bridgehead atoms. The number of benzene rings is 1. The highest BCUT2D eigenvalue weighted by molar-refractivity contribution is 9.10. The lowest BCUT2D eigenvalue weighted by Gasteiger charge is -2.25. The Kier molecular flexibility index (Phi) is 2.41. The maximum absolute atomic E-state index is 11.9. The largest absolute Gasteiger partial charge is 0.243 e. The van der Waals surface area contributed by atoms with Gasteiger partial charge in [-0.1, -0.05) is 22.0 Å². The monoisotopic (exact) mass is 275 g/mol. The fourth-order valence-electron chi connectivity index (χ4n) is 1.58. The summed E-state index contributed by atoms with van der Waals surface area (Å²) in [7, 11) is -1.63. The fourth-order valence-corrected chi connectivity index (χ4v) is 3.72. The van der Waals surface area contributed by atoms with Crippen molar-refractivity contribution in [1.29, 1.82) is 0 Å². The van der Waals surface area contributed by atoms with E-state index in [0.29, 0.717) is 11.4 Å². The van der Waals surface area contributed by atoms with Gasteiger partial charge >= 0.3 is 0 Å². The van der Waals surface area contributed by atoms with E-state index in [-0.39, 0.29) is 0 Å². The van der Waals surface area contributed by atoms with Crippen LogP contribution < -0.4 is 0 Å². The molecule has 0 N–H and O–H groups in total. The Morgan fingerprint density at radius 2 is 2.14 bits per heavy atom. The van der Waals surface area contributed by atoms with Crippen molar-refractivity contribution in [3.8, 4) is 0 Å². The van der Waals surface area contributed by atoms with Crippen LogP contribution in [0.15, 0.2) is 27.6 Å². The Hall–Kier alpha value is -0.390. The molecular formula is C9H10BrNO2S. The van der Waals surface area contributed by atoms with Gasteiger partial charge in [-0.25, -0.2) is 12.7 Å². The molecule has 0 fully saturated rings. The molecule has 0 amide bonds. The Morgan fingerprint density at radius 3 is 2.86 bits per heavy atom. The second kappa shape index (κ2) is 3.32. The first-order valence-corrected chi connectivity index (χ1v) is 6.50. The molecule has 0 spiro atoms. The Morgan fingerprint density at radius 1 is 1.43 bits per heavy atom. The zero-order chi connectivity index (χ0) is 10.3. The number of sulfonamides is 1. The van der Waals surface area contributed by atoms with E-state index >= 15 is 0 Å². The molecular weight excluding hydrogens is 266 g/mol. The summed E-state index contributed by atoms with van der Waals surface area (Å²) in [6, 6.07) is 5.28. The standard InChI is InChI=1S/C9H10BrNO2S/c1-11-6-5-7-8(10)3-2-4-9(7)14(11,12)13/h2-4H,5-6H2,1H3. The van der Waals surface area contributed by atoms with E-state index in [2.05, 4.69) is 15.9 Å². The molecule has 14 heavy (non-hydrogen) atoms. The summed E-state index contributed by atoms with van der Waals surface area (Å²) in [5.74, 6) is 0. The van der Waals surface area contributed by atoms with Gasteiger partial charge in [0.2, 0.25) is 10.0 Å². The lowest BCUT2D eigenvalue weighted by atomic mass is 10.1. The highest BCUT2D eigenvalue weighted by atomic mass is 79.9. The van der Waals surface area contributed by atoms with E-state index in [9.17, 15) is 8.42 Å². The van der Waals surface area contributed by atoms with E-state index in [4.69, 9.17) is 0 Å². The number of nitrogens with zero attached hydrogens (tertiary/aromatic N) is 1. The van der Waals surface area contributed by atoms with Gasteiger partial charge in [0, 0.05) is 18.1 Å². The molecule has 1 heterocycles. The maximum Gasteiger partial charge on any atom is 0.243 e. The van der Waals surface area contributed by atoms with Crippen molar-refractivity contribution in [2.45, 2.75) is 11.3 Å². The third-order valence-corrected chi connectivity index (χ3v) is 5.13. The summed E-state index contributed by atoms with van der Waals surface area (Å²) < 4.78 is 26.0. The Bertz CT molecular complexity index is 470. The molecule has 0 atom stereocenters. The van der Waals surface area contributed by atoms with Crippen LogP contribution in [0, 0.1) is 0 Å². The fraction of sp³-hybridized carbons (Fsp3) is 0.333. The summed E-state index contributed by atoms with van der Waals surface area (Å²) >= 11 is 3.37. The molecule has 0 saturated heterocycles. The third-order valence-electron chi connectivity index (χ3n) is 2.44. The van der Waals surface area contributed by atoms with E-state index in [1.165, 1.54) is 4.31 Å². The molecule has 1 aliphatic rings. The average molecular weight is 276 g/mol. The van der Waals surface area contributed by atoms with Crippen molar-refractivity contribution in [1.82, 2.24) is 4.31 Å². The number of likely N-dealkylation sites (N-methyl/N-ethyl adjacent to an activating group) is 1. The van der Waals surface area contributed by atoms with E-state index in [1.54, 1.807) is 19.2 Å². The maximum atomic E-state index is 11.9. The summed E-state index contributed by atoms with van der Waals surface area (Å²) in [4.78, 5) is 0.431. The molecule has 1 aliphatic heterocycles. The van der Waals surface area contributed by atoms with Crippen LogP contribution in [0.4, 0.5) is 0 Å². The van der Waals surface area contributed by atoms with Gasteiger partial charge < -0.3 is 0 Å². The lowest BCUT2D eigenvalue weighted by Crippen LogP contribution is -2.34. The lowest BCUT2D eigenvalue weighted by molar-refractivity contribution is 0.457. The molecule has 1 aromatic rings. The molecule has 0 unspecified atom stereocenters. The van der Waals surface area contributed by atoms with Gasteiger partial charge in [-0.2, -0.15) is 0 Å². The first-order chi connectivity index (χ1) is 6.53. The van der Waals surface area contributed by atoms with Crippen molar-refractivity contribution >= 4 is 26.0 Å². The first kappa shape index (κ1) is 10.1. The first-order valence-electron chi connectivity index (χ1n) is 4.27. The predicted molar refractivity (Wildman–Crippen MR) is 57.7 cm³/mol. The topological polar surface area (TPSA) is 37.4 Å². The highest BCUT2D eigenvalue weighted by Crippen LogP contribution is 2.30. The normalized spacial score (nSPS) is 20.4. The van der Waals surface area contributed by atoms with Crippen LogP contribution in [0.1, 0.15) is 5.56 Å². The summed E-state index contributed by atoms with van der Waals surface area (Å²) in [6.07, 6.45) is 0.770.